The van der Waals surface area contributed by atoms with Gasteiger partial charge in [-0.15, -0.1) is 0 Å². The summed E-state index contributed by atoms with van der Waals surface area (Å²) in [6.45, 7) is 9.66. The van der Waals surface area contributed by atoms with E-state index in [2.05, 4.69) is 32.3 Å². The first-order valence-corrected chi connectivity index (χ1v) is 7.46. The highest BCUT2D eigenvalue weighted by atomic mass is 16.7. The molecular formula is C16H23N3O2. The van der Waals surface area contributed by atoms with Gasteiger partial charge in [-0.3, -0.25) is 0 Å². The molecule has 1 aliphatic rings. The standard InChI is InChI=1S/C16H23N3O2/c1-5-10(17)8-19-12-7-14-13(20-9-21-14)6-11(12)18-15(19)16(2,3)4/h6-7,10H,5,8-9,17H2,1-4H3. The molecule has 21 heavy (non-hydrogen) atoms. The van der Waals surface area contributed by atoms with E-state index in [1.54, 1.807) is 0 Å². The molecule has 0 bridgehead atoms. The smallest absolute Gasteiger partial charge is 0.231 e. The first-order chi connectivity index (χ1) is 9.90. The summed E-state index contributed by atoms with van der Waals surface area (Å²) >= 11 is 0. The third kappa shape index (κ3) is 2.46. The predicted molar refractivity (Wildman–Crippen MR) is 82.8 cm³/mol. The Labute approximate surface area is 125 Å². The van der Waals surface area contributed by atoms with E-state index in [0.29, 0.717) is 0 Å². The van der Waals surface area contributed by atoms with Crippen molar-refractivity contribution in [1.82, 2.24) is 9.55 Å². The van der Waals surface area contributed by atoms with Gasteiger partial charge in [0, 0.05) is 30.1 Å². The van der Waals surface area contributed by atoms with Crippen LogP contribution in [0, 0.1) is 0 Å². The molecule has 114 valence electrons. The molecule has 2 heterocycles. The van der Waals surface area contributed by atoms with Gasteiger partial charge in [-0.1, -0.05) is 27.7 Å². The first kappa shape index (κ1) is 14.2. The fourth-order valence-corrected chi connectivity index (χ4v) is 2.64. The molecule has 0 amide bonds. The number of aromatic nitrogens is 2. The summed E-state index contributed by atoms with van der Waals surface area (Å²) in [6, 6.07) is 4.09. The van der Waals surface area contributed by atoms with Gasteiger partial charge in [0.2, 0.25) is 6.79 Å². The molecule has 3 rings (SSSR count). The minimum Gasteiger partial charge on any atom is -0.454 e. The van der Waals surface area contributed by atoms with Crippen LogP contribution in [0.1, 0.15) is 39.9 Å². The largest absolute Gasteiger partial charge is 0.454 e. The van der Waals surface area contributed by atoms with Gasteiger partial charge in [0.1, 0.15) is 5.82 Å². The molecule has 1 aromatic carbocycles. The van der Waals surface area contributed by atoms with Gasteiger partial charge < -0.3 is 19.8 Å². The van der Waals surface area contributed by atoms with Crippen molar-refractivity contribution in [2.24, 2.45) is 5.73 Å². The lowest BCUT2D eigenvalue weighted by Gasteiger charge is -2.22. The van der Waals surface area contributed by atoms with E-state index in [0.717, 1.165) is 41.3 Å². The molecule has 5 heteroatoms. The number of hydrogen-bond donors (Lipinski definition) is 1. The highest BCUT2D eigenvalue weighted by molar-refractivity contribution is 5.81. The number of nitrogens with zero attached hydrogens (tertiary/aromatic N) is 2. The zero-order valence-electron chi connectivity index (χ0n) is 13.1. The first-order valence-electron chi connectivity index (χ1n) is 7.46. The summed E-state index contributed by atoms with van der Waals surface area (Å²) in [5, 5.41) is 0. The van der Waals surface area contributed by atoms with E-state index in [1.165, 1.54) is 0 Å². The Morgan fingerprint density at radius 3 is 2.57 bits per heavy atom. The van der Waals surface area contributed by atoms with Crippen molar-refractivity contribution in [3.05, 3.63) is 18.0 Å². The number of rotatable bonds is 3. The molecule has 0 spiro atoms. The van der Waals surface area contributed by atoms with Gasteiger partial charge in [-0.05, 0) is 6.42 Å². The Bertz CT molecular complexity index is 670. The number of ether oxygens (including phenoxy) is 2. The van der Waals surface area contributed by atoms with E-state index in [4.69, 9.17) is 20.2 Å². The molecule has 1 aromatic heterocycles. The molecule has 0 saturated heterocycles. The molecule has 0 fully saturated rings. The minimum absolute atomic E-state index is 0.0430. The van der Waals surface area contributed by atoms with Crippen molar-refractivity contribution < 1.29 is 9.47 Å². The maximum absolute atomic E-state index is 6.18. The normalized spacial score (nSPS) is 15.7. The zero-order chi connectivity index (χ0) is 15.2. The van der Waals surface area contributed by atoms with E-state index >= 15 is 0 Å². The third-order valence-corrected chi connectivity index (χ3v) is 3.85. The average Bonchev–Trinajstić information content (AvgIpc) is 3.00. The van der Waals surface area contributed by atoms with Gasteiger partial charge in [-0.2, -0.15) is 0 Å². The lowest BCUT2D eigenvalue weighted by Crippen LogP contribution is -2.28. The topological polar surface area (TPSA) is 62.3 Å². The van der Waals surface area contributed by atoms with Crippen LogP contribution in [0.4, 0.5) is 0 Å². The van der Waals surface area contributed by atoms with Crippen LogP contribution in [0.2, 0.25) is 0 Å². The van der Waals surface area contributed by atoms with Crippen LogP contribution in [0.3, 0.4) is 0 Å². The Morgan fingerprint density at radius 2 is 1.95 bits per heavy atom. The Morgan fingerprint density at radius 1 is 1.29 bits per heavy atom. The molecular weight excluding hydrogens is 266 g/mol. The molecule has 2 N–H and O–H groups in total. The van der Waals surface area contributed by atoms with Crippen LogP contribution >= 0.6 is 0 Å². The van der Waals surface area contributed by atoms with Crippen LogP contribution in [0.5, 0.6) is 11.5 Å². The van der Waals surface area contributed by atoms with E-state index in [1.807, 2.05) is 12.1 Å². The Hall–Kier alpha value is -1.75. The number of nitrogens with two attached hydrogens (primary N) is 1. The molecule has 1 aliphatic heterocycles. The van der Waals surface area contributed by atoms with Gasteiger partial charge in [0.15, 0.2) is 11.5 Å². The molecule has 0 radical (unpaired) electrons. The van der Waals surface area contributed by atoms with E-state index < -0.39 is 0 Å². The number of benzene rings is 1. The summed E-state index contributed by atoms with van der Waals surface area (Å²) in [7, 11) is 0. The summed E-state index contributed by atoms with van der Waals surface area (Å²) < 4.78 is 13.2. The predicted octanol–water partition coefficient (Wildman–Crippen LogP) is 2.80. The molecule has 0 aliphatic carbocycles. The van der Waals surface area contributed by atoms with Crippen LogP contribution in [0.25, 0.3) is 11.0 Å². The zero-order valence-corrected chi connectivity index (χ0v) is 13.1. The highest BCUT2D eigenvalue weighted by Gasteiger charge is 2.26. The number of imidazole rings is 1. The summed E-state index contributed by atoms with van der Waals surface area (Å²) in [5.41, 5.74) is 8.13. The molecule has 1 atom stereocenters. The maximum Gasteiger partial charge on any atom is 0.231 e. The fourth-order valence-electron chi connectivity index (χ4n) is 2.64. The highest BCUT2D eigenvalue weighted by Crippen LogP contribution is 2.37. The lowest BCUT2D eigenvalue weighted by molar-refractivity contribution is 0.174. The SMILES string of the molecule is CCC(N)Cn1c(C(C)(C)C)nc2cc3c(cc21)OCO3. The average molecular weight is 289 g/mol. The van der Waals surface area contributed by atoms with Crippen molar-refractivity contribution in [3.63, 3.8) is 0 Å². The summed E-state index contributed by atoms with van der Waals surface area (Å²) in [5.74, 6) is 2.60. The van der Waals surface area contributed by atoms with E-state index in [9.17, 15) is 0 Å². The lowest BCUT2D eigenvalue weighted by atomic mass is 9.95. The van der Waals surface area contributed by atoms with Gasteiger partial charge in [-0.25, -0.2) is 4.98 Å². The monoisotopic (exact) mass is 289 g/mol. The van der Waals surface area contributed by atoms with Gasteiger partial charge in [0.05, 0.1) is 11.0 Å². The van der Waals surface area contributed by atoms with Crippen molar-refractivity contribution in [2.75, 3.05) is 6.79 Å². The molecule has 5 nitrogen and oxygen atoms in total. The van der Waals surface area contributed by atoms with Crippen molar-refractivity contribution >= 4 is 11.0 Å². The van der Waals surface area contributed by atoms with Crippen LogP contribution in [0.15, 0.2) is 12.1 Å². The number of hydrogen-bond acceptors (Lipinski definition) is 4. The van der Waals surface area contributed by atoms with Gasteiger partial charge >= 0.3 is 0 Å². The van der Waals surface area contributed by atoms with Crippen molar-refractivity contribution in [1.29, 1.82) is 0 Å². The van der Waals surface area contributed by atoms with Crippen LogP contribution < -0.4 is 15.2 Å². The minimum atomic E-state index is -0.0430. The van der Waals surface area contributed by atoms with Crippen LogP contribution in [-0.4, -0.2) is 22.4 Å². The quantitative estimate of drug-likeness (QED) is 0.943. The molecule has 2 aromatic rings. The second-order valence-electron chi connectivity index (χ2n) is 6.66. The van der Waals surface area contributed by atoms with Crippen molar-refractivity contribution in [2.45, 2.75) is 52.1 Å². The Kier molecular flexibility index (Phi) is 3.32. The Balaban J connectivity index is 2.19. The fraction of sp³-hybridized carbons (Fsp3) is 0.562. The number of fused-ring (bicyclic) bond motifs is 2. The second kappa shape index (κ2) is 4.91. The third-order valence-electron chi connectivity index (χ3n) is 3.85. The second-order valence-corrected chi connectivity index (χ2v) is 6.66. The van der Waals surface area contributed by atoms with Crippen molar-refractivity contribution in [3.8, 4) is 11.5 Å². The van der Waals surface area contributed by atoms with Gasteiger partial charge in [0.25, 0.3) is 0 Å². The molecule has 0 saturated carbocycles. The summed E-state index contributed by atoms with van der Waals surface area (Å²) in [4.78, 5) is 4.82. The summed E-state index contributed by atoms with van der Waals surface area (Å²) in [6.07, 6.45) is 0.938. The van der Waals surface area contributed by atoms with Crippen LogP contribution in [-0.2, 0) is 12.0 Å². The maximum atomic E-state index is 6.18. The van der Waals surface area contributed by atoms with E-state index in [-0.39, 0.29) is 18.2 Å². The molecule has 1 unspecified atom stereocenters.